The molecule has 1 aliphatic heterocycles. The molecule has 0 spiro atoms. The molecular formula is C13H10Cl2N2OS2. The average Bonchev–Trinajstić information content (AvgIpc) is 3.00. The standard InChI is InChI=1S/C13H10Cl2N2OS2/c14-7-5-10(20-12(7)15)13(18)16-6-11-17-8-3-1-2-4-9(8)19-11/h1-4,10H,5-6H2,(H,16,18). The van der Waals surface area contributed by atoms with Gasteiger partial charge in [-0.15, -0.1) is 11.3 Å². The summed E-state index contributed by atoms with van der Waals surface area (Å²) in [5.41, 5.74) is 0.963. The molecule has 3 nitrogen and oxygen atoms in total. The highest BCUT2D eigenvalue weighted by molar-refractivity contribution is 8.06. The van der Waals surface area contributed by atoms with Gasteiger partial charge in [-0.2, -0.15) is 0 Å². The monoisotopic (exact) mass is 344 g/mol. The number of thiazole rings is 1. The van der Waals surface area contributed by atoms with Crippen LogP contribution >= 0.6 is 46.3 Å². The molecule has 7 heteroatoms. The van der Waals surface area contributed by atoms with Crippen LogP contribution < -0.4 is 5.32 Å². The fraction of sp³-hybridized carbons (Fsp3) is 0.231. The summed E-state index contributed by atoms with van der Waals surface area (Å²) in [6.07, 6.45) is 0.497. The Hall–Kier alpha value is -0.750. The van der Waals surface area contributed by atoms with E-state index in [0.29, 0.717) is 22.4 Å². The summed E-state index contributed by atoms with van der Waals surface area (Å²) in [7, 11) is 0. The van der Waals surface area contributed by atoms with E-state index in [4.69, 9.17) is 23.2 Å². The van der Waals surface area contributed by atoms with Gasteiger partial charge in [0.05, 0.1) is 26.4 Å². The zero-order chi connectivity index (χ0) is 14.1. The Morgan fingerprint density at radius 3 is 2.90 bits per heavy atom. The average molecular weight is 345 g/mol. The van der Waals surface area contributed by atoms with Crippen molar-refractivity contribution in [1.29, 1.82) is 0 Å². The van der Waals surface area contributed by atoms with Crippen LogP contribution in [0.5, 0.6) is 0 Å². The predicted octanol–water partition coefficient (Wildman–Crippen LogP) is 4.06. The first-order valence-corrected chi connectivity index (χ1v) is 8.41. The van der Waals surface area contributed by atoms with Crippen LogP contribution in [0.2, 0.25) is 0 Å². The van der Waals surface area contributed by atoms with Gasteiger partial charge in [0, 0.05) is 11.5 Å². The van der Waals surface area contributed by atoms with Crippen LogP contribution in [0.25, 0.3) is 10.2 Å². The van der Waals surface area contributed by atoms with Crippen LogP contribution in [0.4, 0.5) is 0 Å². The lowest BCUT2D eigenvalue weighted by atomic mass is 10.3. The van der Waals surface area contributed by atoms with E-state index in [1.54, 1.807) is 11.3 Å². The highest BCUT2D eigenvalue weighted by Crippen LogP contribution is 2.41. The molecule has 1 unspecified atom stereocenters. The Bertz CT molecular complexity index is 651. The number of allylic oxidation sites excluding steroid dienone is 1. The molecule has 1 aromatic heterocycles. The maximum Gasteiger partial charge on any atom is 0.234 e. The number of para-hydroxylation sites is 1. The van der Waals surface area contributed by atoms with Gasteiger partial charge in [0.2, 0.25) is 5.91 Å². The highest BCUT2D eigenvalue weighted by Gasteiger charge is 2.28. The molecule has 3 rings (SSSR count). The lowest BCUT2D eigenvalue weighted by Crippen LogP contribution is -2.31. The summed E-state index contributed by atoms with van der Waals surface area (Å²) >= 11 is 14.7. The quantitative estimate of drug-likeness (QED) is 0.912. The third kappa shape index (κ3) is 2.96. The summed E-state index contributed by atoms with van der Waals surface area (Å²) in [5, 5.41) is 4.12. The smallest absolute Gasteiger partial charge is 0.234 e. The van der Waals surface area contributed by atoms with Gasteiger partial charge >= 0.3 is 0 Å². The number of carbonyl (C=O) groups excluding carboxylic acids is 1. The van der Waals surface area contributed by atoms with Crippen molar-refractivity contribution in [2.45, 2.75) is 18.2 Å². The van der Waals surface area contributed by atoms with E-state index in [1.807, 2.05) is 24.3 Å². The molecule has 0 radical (unpaired) electrons. The maximum absolute atomic E-state index is 12.0. The Morgan fingerprint density at radius 1 is 1.40 bits per heavy atom. The van der Waals surface area contributed by atoms with E-state index in [-0.39, 0.29) is 11.2 Å². The van der Waals surface area contributed by atoms with E-state index < -0.39 is 0 Å². The van der Waals surface area contributed by atoms with Crippen molar-refractivity contribution in [3.63, 3.8) is 0 Å². The van der Waals surface area contributed by atoms with Crippen LogP contribution in [-0.2, 0) is 11.3 Å². The van der Waals surface area contributed by atoms with Crippen molar-refractivity contribution in [3.8, 4) is 0 Å². The minimum absolute atomic E-state index is 0.0527. The number of rotatable bonds is 3. The number of nitrogens with one attached hydrogen (secondary N) is 1. The summed E-state index contributed by atoms with van der Waals surface area (Å²) in [6, 6.07) is 7.92. The summed E-state index contributed by atoms with van der Waals surface area (Å²) in [6.45, 7) is 0.435. The third-order valence-electron chi connectivity index (χ3n) is 2.87. The molecule has 0 aliphatic carbocycles. The number of hydrogen-bond acceptors (Lipinski definition) is 4. The van der Waals surface area contributed by atoms with Crippen molar-refractivity contribution in [2.75, 3.05) is 0 Å². The van der Waals surface area contributed by atoms with Crippen molar-refractivity contribution in [1.82, 2.24) is 10.3 Å². The molecule has 2 heterocycles. The van der Waals surface area contributed by atoms with Gasteiger partial charge in [-0.3, -0.25) is 4.79 Å². The molecule has 104 valence electrons. The SMILES string of the molecule is O=C(NCc1nc2ccccc2s1)C1CC(Cl)=C(Cl)S1. The second kappa shape index (κ2) is 5.93. The number of hydrogen-bond donors (Lipinski definition) is 1. The van der Waals surface area contributed by atoms with Crippen LogP contribution in [0.15, 0.2) is 33.7 Å². The number of amides is 1. The molecule has 0 saturated carbocycles. The number of fused-ring (bicyclic) bond motifs is 1. The number of thioether (sulfide) groups is 1. The summed E-state index contributed by atoms with van der Waals surface area (Å²) in [4.78, 5) is 16.5. The molecule has 1 N–H and O–H groups in total. The van der Waals surface area contributed by atoms with E-state index in [0.717, 1.165) is 15.2 Å². The van der Waals surface area contributed by atoms with Gasteiger partial charge in [0.15, 0.2) is 0 Å². The normalized spacial score (nSPS) is 18.8. The fourth-order valence-electron chi connectivity index (χ4n) is 1.89. The number of benzene rings is 1. The predicted molar refractivity (Wildman–Crippen MR) is 86.2 cm³/mol. The van der Waals surface area contributed by atoms with Gasteiger partial charge in [-0.05, 0) is 12.1 Å². The van der Waals surface area contributed by atoms with Crippen molar-refractivity contribution in [2.24, 2.45) is 0 Å². The zero-order valence-electron chi connectivity index (χ0n) is 10.2. The van der Waals surface area contributed by atoms with Crippen LogP contribution in [0.1, 0.15) is 11.4 Å². The molecular weight excluding hydrogens is 335 g/mol. The first kappa shape index (κ1) is 14.2. The third-order valence-corrected chi connectivity index (χ3v) is 6.07. The summed E-state index contributed by atoms with van der Waals surface area (Å²) in [5.74, 6) is -0.0527. The molecule has 0 saturated heterocycles. The lowest BCUT2D eigenvalue weighted by molar-refractivity contribution is -0.120. The van der Waals surface area contributed by atoms with Crippen LogP contribution in [0.3, 0.4) is 0 Å². The molecule has 0 bridgehead atoms. The Morgan fingerprint density at radius 2 is 2.20 bits per heavy atom. The molecule has 1 amide bonds. The zero-order valence-corrected chi connectivity index (χ0v) is 13.4. The Balaban J connectivity index is 1.61. The number of halogens is 2. The van der Waals surface area contributed by atoms with Crippen LogP contribution in [0, 0.1) is 0 Å². The second-order valence-corrected chi connectivity index (χ2v) is 7.67. The van der Waals surface area contributed by atoms with E-state index in [1.165, 1.54) is 11.8 Å². The van der Waals surface area contributed by atoms with Gasteiger partial charge in [0.25, 0.3) is 0 Å². The van der Waals surface area contributed by atoms with Crippen molar-refractivity contribution >= 4 is 62.4 Å². The van der Waals surface area contributed by atoms with Gasteiger partial charge in [-0.25, -0.2) is 4.98 Å². The Labute approximate surface area is 134 Å². The topological polar surface area (TPSA) is 42.0 Å². The lowest BCUT2D eigenvalue weighted by Gasteiger charge is -2.08. The van der Waals surface area contributed by atoms with E-state index >= 15 is 0 Å². The minimum atomic E-state index is -0.232. The Kier molecular flexibility index (Phi) is 4.21. The number of carbonyl (C=O) groups is 1. The van der Waals surface area contributed by atoms with Gasteiger partial charge < -0.3 is 5.32 Å². The highest BCUT2D eigenvalue weighted by atomic mass is 35.5. The van der Waals surface area contributed by atoms with Crippen molar-refractivity contribution < 1.29 is 4.79 Å². The molecule has 20 heavy (non-hydrogen) atoms. The molecule has 1 aliphatic rings. The van der Waals surface area contributed by atoms with Gasteiger partial charge in [-0.1, -0.05) is 47.1 Å². The summed E-state index contributed by atoms with van der Waals surface area (Å²) < 4.78 is 1.64. The largest absolute Gasteiger partial charge is 0.349 e. The van der Waals surface area contributed by atoms with E-state index in [2.05, 4.69) is 10.3 Å². The fourth-order valence-corrected chi connectivity index (χ4v) is 4.48. The number of aromatic nitrogens is 1. The second-order valence-electron chi connectivity index (χ2n) is 4.28. The van der Waals surface area contributed by atoms with Gasteiger partial charge in [0.1, 0.15) is 5.01 Å². The van der Waals surface area contributed by atoms with Crippen molar-refractivity contribution in [3.05, 3.63) is 38.7 Å². The minimum Gasteiger partial charge on any atom is -0.349 e. The molecule has 2 aromatic rings. The first-order chi connectivity index (χ1) is 9.63. The number of nitrogens with zero attached hydrogens (tertiary/aromatic N) is 1. The van der Waals surface area contributed by atoms with E-state index in [9.17, 15) is 4.79 Å². The maximum atomic E-state index is 12.0. The molecule has 1 aromatic carbocycles. The molecule has 0 fully saturated rings. The van der Waals surface area contributed by atoms with Crippen LogP contribution in [-0.4, -0.2) is 16.1 Å². The molecule has 1 atom stereocenters. The first-order valence-electron chi connectivity index (χ1n) is 5.96.